The highest BCUT2D eigenvalue weighted by Gasteiger charge is 2.16. The summed E-state index contributed by atoms with van der Waals surface area (Å²) in [6.45, 7) is 1.16. The molecule has 1 fully saturated rings. The van der Waals surface area contributed by atoms with Crippen LogP contribution in [0.2, 0.25) is 0 Å². The van der Waals surface area contributed by atoms with E-state index >= 15 is 0 Å². The van der Waals surface area contributed by atoms with Gasteiger partial charge in [0, 0.05) is 13.2 Å². The number of nitrogens with zero attached hydrogens (tertiary/aromatic N) is 2. The summed E-state index contributed by atoms with van der Waals surface area (Å²) < 4.78 is 12.1. The Morgan fingerprint density at radius 1 is 1.62 bits per heavy atom. The average molecular weight is 226 g/mol. The van der Waals surface area contributed by atoms with E-state index in [1.54, 1.807) is 12.4 Å². The molecule has 1 aliphatic heterocycles. The number of rotatable bonds is 4. The van der Waals surface area contributed by atoms with Gasteiger partial charge in [-0.2, -0.15) is 5.10 Å². The normalized spacial score (nSPS) is 17.2. The standard InChI is InChI=1S/C10H14N2O4/c13-10(14)7-16-9-5-11-12(6-9)8-1-3-15-4-2-8/h5-6,8H,1-4,7H2,(H,13,14). The Morgan fingerprint density at radius 3 is 3.06 bits per heavy atom. The molecule has 0 bridgehead atoms. The van der Waals surface area contributed by atoms with Crippen LogP contribution < -0.4 is 4.74 Å². The van der Waals surface area contributed by atoms with E-state index in [0.717, 1.165) is 26.1 Å². The van der Waals surface area contributed by atoms with E-state index in [4.69, 9.17) is 14.6 Å². The fraction of sp³-hybridized carbons (Fsp3) is 0.600. The van der Waals surface area contributed by atoms with Gasteiger partial charge in [-0.15, -0.1) is 0 Å². The van der Waals surface area contributed by atoms with Gasteiger partial charge >= 0.3 is 5.97 Å². The van der Waals surface area contributed by atoms with Crippen molar-refractivity contribution in [3.63, 3.8) is 0 Å². The number of carbonyl (C=O) groups is 1. The van der Waals surface area contributed by atoms with Crippen LogP contribution in [0.1, 0.15) is 18.9 Å². The molecule has 6 heteroatoms. The third-order valence-corrected chi connectivity index (χ3v) is 2.51. The van der Waals surface area contributed by atoms with Crippen LogP contribution in [0.25, 0.3) is 0 Å². The molecule has 1 N–H and O–H groups in total. The minimum Gasteiger partial charge on any atom is -0.479 e. The van der Waals surface area contributed by atoms with Gasteiger partial charge in [0.2, 0.25) is 0 Å². The van der Waals surface area contributed by atoms with E-state index in [0.29, 0.717) is 11.8 Å². The van der Waals surface area contributed by atoms with Crippen LogP contribution in [0.3, 0.4) is 0 Å². The van der Waals surface area contributed by atoms with Gasteiger partial charge in [-0.05, 0) is 12.8 Å². The van der Waals surface area contributed by atoms with Crippen LogP contribution in [-0.4, -0.2) is 40.7 Å². The van der Waals surface area contributed by atoms with Gasteiger partial charge in [0.25, 0.3) is 0 Å². The van der Waals surface area contributed by atoms with Crippen molar-refractivity contribution in [1.82, 2.24) is 9.78 Å². The second kappa shape index (κ2) is 4.98. The average Bonchev–Trinajstić information content (AvgIpc) is 2.76. The highest BCUT2D eigenvalue weighted by atomic mass is 16.5. The number of carboxylic acids is 1. The predicted molar refractivity (Wildman–Crippen MR) is 54.4 cm³/mol. The number of aromatic nitrogens is 2. The zero-order valence-corrected chi connectivity index (χ0v) is 8.83. The first-order valence-corrected chi connectivity index (χ1v) is 5.22. The lowest BCUT2D eigenvalue weighted by Crippen LogP contribution is -2.19. The zero-order valence-electron chi connectivity index (χ0n) is 8.83. The summed E-state index contributed by atoms with van der Waals surface area (Å²) in [6, 6.07) is 0.330. The first kappa shape index (κ1) is 10.9. The predicted octanol–water partition coefficient (Wildman–Crippen LogP) is 0.698. The number of hydrogen-bond acceptors (Lipinski definition) is 4. The molecule has 0 saturated carbocycles. The molecule has 2 rings (SSSR count). The molecule has 1 aliphatic rings. The fourth-order valence-electron chi connectivity index (χ4n) is 1.69. The lowest BCUT2D eigenvalue weighted by Gasteiger charge is -2.21. The summed E-state index contributed by atoms with van der Waals surface area (Å²) in [5.74, 6) is -0.493. The lowest BCUT2D eigenvalue weighted by atomic mass is 10.1. The maximum Gasteiger partial charge on any atom is 0.341 e. The first-order valence-electron chi connectivity index (χ1n) is 5.22. The molecule has 16 heavy (non-hydrogen) atoms. The Labute approximate surface area is 92.8 Å². The maximum atomic E-state index is 10.3. The van der Waals surface area contributed by atoms with Gasteiger partial charge in [-0.3, -0.25) is 4.68 Å². The smallest absolute Gasteiger partial charge is 0.341 e. The third kappa shape index (κ3) is 2.73. The Hall–Kier alpha value is -1.56. The molecule has 0 unspecified atom stereocenters. The Kier molecular flexibility index (Phi) is 3.40. The van der Waals surface area contributed by atoms with Crippen molar-refractivity contribution >= 4 is 5.97 Å². The molecule has 0 amide bonds. The Bertz CT molecular complexity index is 357. The molecule has 0 aromatic carbocycles. The van der Waals surface area contributed by atoms with Crippen LogP contribution in [0.15, 0.2) is 12.4 Å². The summed E-state index contributed by atoms with van der Waals surface area (Å²) in [5, 5.41) is 12.6. The molecule has 6 nitrogen and oxygen atoms in total. The van der Waals surface area contributed by atoms with E-state index < -0.39 is 5.97 Å². The molecule has 0 atom stereocenters. The van der Waals surface area contributed by atoms with Gasteiger partial charge in [0.1, 0.15) is 0 Å². The topological polar surface area (TPSA) is 73.6 Å². The Balaban J connectivity index is 1.93. The number of ether oxygens (including phenoxy) is 2. The van der Waals surface area contributed by atoms with Crippen molar-refractivity contribution in [2.45, 2.75) is 18.9 Å². The van der Waals surface area contributed by atoms with Gasteiger partial charge in [-0.25, -0.2) is 4.79 Å². The van der Waals surface area contributed by atoms with Gasteiger partial charge in [0.15, 0.2) is 12.4 Å². The highest BCUT2D eigenvalue weighted by molar-refractivity contribution is 5.68. The molecular weight excluding hydrogens is 212 g/mol. The summed E-state index contributed by atoms with van der Waals surface area (Å²) in [5.41, 5.74) is 0. The summed E-state index contributed by atoms with van der Waals surface area (Å²) >= 11 is 0. The number of carboxylic acid groups (broad SMARTS) is 1. The fourth-order valence-corrected chi connectivity index (χ4v) is 1.69. The van der Waals surface area contributed by atoms with E-state index in [1.807, 2.05) is 4.68 Å². The van der Waals surface area contributed by atoms with Crippen LogP contribution in [0.4, 0.5) is 0 Å². The van der Waals surface area contributed by atoms with Gasteiger partial charge in [0.05, 0.1) is 18.4 Å². The third-order valence-electron chi connectivity index (χ3n) is 2.51. The van der Waals surface area contributed by atoms with Crippen LogP contribution >= 0.6 is 0 Å². The summed E-state index contributed by atoms with van der Waals surface area (Å²) in [7, 11) is 0. The molecular formula is C10H14N2O4. The first-order chi connectivity index (χ1) is 7.75. The molecule has 0 aliphatic carbocycles. The van der Waals surface area contributed by atoms with E-state index in [9.17, 15) is 4.79 Å². The number of hydrogen-bond donors (Lipinski definition) is 1. The van der Waals surface area contributed by atoms with Crippen LogP contribution in [0, 0.1) is 0 Å². The lowest BCUT2D eigenvalue weighted by molar-refractivity contribution is -0.139. The number of aliphatic carboxylic acids is 1. The van der Waals surface area contributed by atoms with E-state index in [1.165, 1.54) is 0 Å². The van der Waals surface area contributed by atoms with Crippen molar-refractivity contribution in [1.29, 1.82) is 0 Å². The quantitative estimate of drug-likeness (QED) is 0.818. The second-order valence-electron chi connectivity index (χ2n) is 3.68. The molecule has 2 heterocycles. The molecule has 88 valence electrons. The summed E-state index contributed by atoms with van der Waals surface area (Å²) in [4.78, 5) is 10.3. The molecule has 1 aromatic heterocycles. The monoisotopic (exact) mass is 226 g/mol. The van der Waals surface area contributed by atoms with Gasteiger partial charge < -0.3 is 14.6 Å². The minimum absolute atomic E-state index is 0.330. The second-order valence-corrected chi connectivity index (χ2v) is 3.68. The largest absolute Gasteiger partial charge is 0.479 e. The minimum atomic E-state index is -0.987. The van der Waals surface area contributed by atoms with Crippen LogP contribution in [0.5, 0.6) is 5.75 Å². The molecule has 1 aromatic rings. The van der Waals surface area contributed by atoms with Crippen molar-refractivity contribution in [2.24, 2.45) is 0 Å². The summed E-state index contributed by atoms with van der Waals surface area (Å²) in [6.07, 6.45) is 5.14. The van der Waals surface area contributed by atoms with Gasteiger partial charge in [-0.1, -0.05) is 0 Å². The van der Waals surface area contributed by atoms with Crippen LogP contribution in [-0.2, 0) is 9.53 Å². The van der Waals surface area contributed by atoms with Crippen molar-refractivity contribution in [2.75, 3.05) is 19.8 Å². The van der Waals surface area contributed by atoms with Crippen molar-refractivity contribution in [3.8, 4) is 5.75 Å². The molecule has 1 saturated heterocycles. The van der Waals surface area contributed by atoms with Crippen molar-refractivity contribution < 1.29 is 19.4 Å². The molecule has 0 spiro atoms. The highest BCUT2D eigenvalue weighted by Crippen LogP contribution is 2.22. The zero-order chi connectivity index (χ0) is 11.4. The SMILES string of the molecule is O=C(O)COc1cnn(C2CCOCC2)c1. The van der Waals surface area contributed by atoms with E-state index in [-0.39, 0.29) is 6.61 Å². The Morgan fingerprint density at radius 2 is 2.38 bits per heavy atom. The molecule has 0 radical (unpaired) electrons. The van der Waals surface area contributed by atoms with E-state index in [2.05, 4.69) is 5.10 Å². The maximum absolute atomic E-state index is 10.3. The van der Waals surface area contributed by atoms with Crippen molar-refractivity contribution in [3.05, 3.63) is 12.4 Å².